The van der Waals surface area contributed by atoms with Crippen LogP contribution in [0.25, 0.3) is 6.08 Å². The largest absolute Gasteiger partial charge is 0.496 e. The zero-order valence-electron chi connectivity index (χ0n) is 25.8. The van der Waals surface area contributed by atoms with Crippen LogP contribution in [0.3, 0.4) is 0 Å². The second kappa shape index (κ2) is 14.3. The summed E-state index contributed by atoms with van der Waals surface area (Å²) in [7, 11) is 3.05. The van der Waals surface area contributed by atoms with Crippen molar-refractivity contribution < 1.29 is 28.5 Å². The van der Waals surface area contributed by atoms with Gasteiger partial charge in [0.1, 0.15) is 11.8 Å². The molecule has 0 radical (unpaired) electrons. The van der Waals surface area contributed by atoms with Gasteiger partial charge >= 0.3 is 5.97 Å². The average molecular weight is 654 g/mol. The Morgan fingerprint density at radius 3 is 2.47 bits per heavy atom. The number of nitrogens with zero attached hydrogens (tertiary/aromatic N) is 3. The molecule has 45 heavy (non-hydrogen) atoms. The molecule has 0 bridgehead atoms. The van der Waals surface area contributed by atoms with Crippen LogP contribution >= 0.6 is 22.9 Å². The minimum atomic E-state index is -0.865. The molecule has 2 aliphatic rings. The number of amides is 1. The quantitative estimate of drug-likeness (QED) is 0.285. The number of ether oxygens (including phenoxy) is 4. The Labute approximate surface area is 270 Å². The highest BCUT2D eigenvalue weighted by atomic mass is 35.5. The van der Waals surface area contributed by atoms with Gasteiger partial charge in [-0.25, -0.2) is 9.79 Å². The minimum absolute atomic E-state index is 0.0599. The molecule has 1 amide bonds. The molecular formula is C33H36ClN3O7S. The van der Waals surface area contributed by atoms with Gasteiger partial charge in [0.25, 0.3) is 11.5 Å². The van der Waals surface area contributed by atoms with E-state index in [1.165, 1.54) is 30.1 Å². The summed E-state index contributed by atoms with van der Waals surface area (Å²) < 4.78 is 24.4. The molecule has 10 nitrogen and oxygen atoms in total. The van der Waals surface area contributed by atoms with Crippen LogP contribution in [0.15, 0.2) is 57.5 Å². The highest BCUT2D eigenvalue weighted by molar-refractivity contribution is 7.07. The van der Waals surface area contributed by atoms with Crippen molar-refractivity contribution in [1.82, 2.24) is 9.47 Å². The van der Waals surface area contributed by atoms with Crippen LogP contribution < -0.4 is 29.1 Å². The molecule has 0 spiro atoms. The van der Waals surface area contributed by atoms with Gasteiger partial charge in [-0.2, -0.15) is 0 Å². The van der Waals surface area contributed by atoms with E-state index in [1.807, 2.05) is 6.92 Å². The maximum absolute atomic E-state index is 14.1. The second-order valence-electron chi connectivity index (χ2n) is 10.6. The van der Waals surface area contributed by atoms with E-state index in [4.69, 9.17) is 35.5 Å². The summed E-state index contributed by atoms with van der Waals surface area (Å²) in [5.41, 5.74) is 1.74. The molecule has 2 aliphatic heterocycles. The summed E-state index contributed by atoms with van der Waals surface area (Å²) in [4.78, 5) is 47.1. The third-order valence-electron chi connectivity index (χ3n) is 7.67. The van der Waals surface area contributed by atoms with Gasteiger partial charge < -0.3 is 23.8 Å². The number of fused-ring (bicyclic) bond motifs is 1. The molecule has 238 valence electrons. The highest BCUT2D eigenvalue weighted by Gasteiger charge is 2.36. The number of halogens is 1. The molecule has 0 N–H and O–H groups in total. The molecule has 1 aromatic heterocycles. The third-order valence-corrected chi connectivity index (χ3v) is 8.89. The highest BCUT2D eigenvalue weighted by Crippen LogP contribution is 2.38. The minimum Gasteiger partial charge on any atom is -0.496 e. The molecule has 1 fully saturated rings. The fourth-order valence-electron chi connectivity index (χ4n) is 5.58. The lowest BCUT2D eigenvalue weighted by molar-refractivity contribution is -0.139. The van der Waals surface area contributed by atoms with Crippen LogP contribution in [0, 0.1) is 0 Å². The normalized spacial score (nSPS) is 16.3. The Hall–Kier alpha value is -4.09. The zero-order valence-corrected chi connectivity index (χ0v) is 27.3. The molecule has 3 aromatic rings. The third kappa shape index (κ3) is 6.79. The van der Waals surface area contributed by atoms with Crippen molar-refractivity contribution in [3.05, 3.63) is 83.5 Å². The Bertz CT molecular complexity index is 1810. The van der Waals surface area contributed by atoms with Crippen molar-refractivity contribution in [3.8, 4) is 17.2 Å². The van der Waals surface area contributed by atoms with E-state index in [0.717, 1.165) is 32.4 Å². The van der Waals surface area contributed by atoms with Crippen LogP contribution in [-0.2, 0) is 14.3 Å². The molecule has 1 atom stereocenters. The zero-order chi connectivity index (χ0) is 32.1. The number of aromatic nitrogens is 1. The van der Waals surface area contributed by atoms with Crippen LogP contribution in [0.4, 0.5) is 0 Å². The molecule has 12 heteroatoms. The molecule has 5 rings (SSSR count). The van der Waals surface area contributed by atoms with E-state index in [-0.39, 0.29) is 30.3 Å². The van der Waals surface area contributed by atoms with E-state index in [0.29, 0.717) is 54.8 Å². The van der Waals surface area contributed by atoms with E-state index >= 15 is 0 Å². The summed E-state index contributed by atoms with van der Waals surface area (Å²) in [6, 6.07) is 9.50. The number of hydrogen-bond acceptors (Lipinski definition) is 9. The van der Waals surface area contributed by atoms with Gasteiger partial charge in [-0.3, -0.25) is 14.2 Å². The molecule has 0 aliphatic carbocycles. The average Bonchev–Trinajstić information content (AvgIpc) is 3.68. The summed E-state index contributed by atoms with van der Waals surface area (Å²) in [6.45, 7) is 5.32. The van der Waals surface area contributed by atoms with E-state index in [9.17, 15) is 14.4 Å². The van der Waals surface area contributed by atoms with Gasteiger partial charge in [0.2, 0.25) is 0 Å². The summed E-state index contributed by atoms with van der Waals surface area (Å²) >= 11 is 7.65. The SMILES string of the molecule is CCCC1=C(C(=O)OCC)[C@@H](c2cc(Cl)ccc2OC)n2c(s/c(=C\c3ccc(OCC(=O)N4CCCC4)c(OC)c3)c2=O)=N1. The van der Waals surface area contributed by atoms with Crippen LogP contribution in [0.2, 0.25) is 5.02 Å². The lowest BCUT2D eigenvalue weighted by atomic mass is 9.93. The predicted octanol–water partition coefficient (Wildman–Crippen LogP) is 4.25. The van der Waals surface area contributed by atoms with Crippen molar-refractivity contribution in [2.45, 2.75) is 45.6 Å². The number of allylic oxidation sites excluding steroid dienone is 1. The molecule has 2 aromatic carbocycles. The molecule has 3 heterocycles. The Morgan fingerprint density at radius 1 is 1.04 bits per heavy atom. The fourth-order valence-corrected chi connectivity index (χ4v) is 6.78. The molecular weight excluding hydrogens is 618 g/mol. The lowest BCUT2D eigenvalue weighted by Crippen LogP contribution is -2.40. The van der Waals surface area contributed by atoms with Crippen LogP contribution in [0.1, 0.15) is 56.7 Å². The number of methoxy groups -OCH3 is 2. The Kier molecular flexibility index (Phi) is 10.3. The number of rotatable bonds is 11. The number of hydrogen-bond donors (Lipinski definition) is 0. The first kappa shape index (κ1) is 32.3. The summed E-state index contributed by atoms with van der Waals surface area (Å²) in [6.07, 6.45) is 5.00. The first-order chi connectivity index (χ1) is 21.8. The standard InChI is InChI=1S/C33H36ClN3O7S/c1-5-9-23-29(32(40)43-6-2)30(22-18-21(34)11-13-24(22)41-3)37-31(39)27(45-33(37)35-23)17-20-10-12-25(26(16-20)42-4)44-19-28(38)36-14-7-8-15-36/h10-13,16-18,30H,5-9,14-15,19H2,1-4H3/b27-17-/t30-/m1/s1. The molecule has 0 unspecified atom stereocenters. The number of likely N-dealkylation sites (tertiary alicyclic amines) is 1. The van der Waals surface area contributed by atoms with Gasteiger partial charge in [0, 0.05) is 23.7 Å². The van der Waals surface area contributed by atoms with Gasteiger partial charge in [0.05, 0.1) is 36.6 Å². The van der Waals surface area contributed by atoms with Crippen molar-refractivity contribution in [1.29, 1.82) is 0 Å². The van der Waals surface area contributed by atoms with Gasteiger partial charge in [-0.15, -0.1) is 0 Å². The van der Waals surface area contributed by atoms with E-state index < -0.39 is 12.0 Å². The Morgan fingerprint density at radius 2 is 1.78 bits per heavy atom. The van der Waals surface area contributed by atoms with Gasteiger partial charge in [-0.1, -0.05) is 42.3 Å². The van der Waals surface area contributed by atoms with Crippen molar-refractivity contribution in [2.24, 2.45) is 4.99 Å². The van der Waals surface area contributed by atoms with Gasteiger partial charge in [-0.05, 0) is 68.2 Å². The van der Waals surface area contributed by atoms with Gasteiger partial charge in [0.15, 0.2) is 22.9 Å². The van der Waals surface area contributed by atoms with E-state index in [2.05, 4.69) is 0 Å². The lowest BCUT2D eigenvalue weighted by Gasteiger charge is -2.27. The van der Waals surface area contributed by atoms with Crippen molar-refractivity contribution in [3.63, 3.8) is 0 Å². The number of esters is 1. The van der Waals surface area contributed by atoms with Crippen LogP contribution in [0.5, 0.6) is 17.2 Å². The van der Waals surface area contributed by atoms with E-state index in [1.54, 1.807) is 54.3 Å². The first-order valence-corrected chi connectivity index (χ1v) is 16.1. The maximum atomic E-state index is 14.1. The number of carbonyl (C=O) groups excluding carboxylic acids is 2. The molecule has 1 saturated heterocycles. The number of benzene rings is 2. The smallest absolute Gasteiger partial charge is 0.338 e. The van der Waals surface area contributed by atoms with Crippen molar-refractivity contribution >= 4 is 40.9 Å². The summed E-state index contributed by atoms with van der Waals surface area (Å²) in [5, 5.41) is 0.432. The Balaban J connectivity index is 1.59. The first-order valence-electron chi connectivity index (χ1n) is 14.9. The van der Waals surface area contributed by atoms with Crippen molar-refractivity contribution in [2.75, 3.05) is 40.5 Å². The topological polar surface area (TPSA) is 109 Å². The fraction of sp³-hybridized carbons (Fsp3) is 0.394. The second-order valence-corrected chi connectivity index (χ2v) is 12.0. The predicted molar refractivity (Wildman–Crippen MR) is 172 cm³/mol. The maximum Gasteiger partial charge on any atom is 0.338 e. The summed E-state index contributed by atoms with van der Waals surface area (Å²) in [5.74, 6) is 0.731. The molecule has 0 saturated carbocycles. The monoisotopic (exact) mass is 653 g/mol. The number of carbonyl (C=O) groups is 2. The van der Waals surface area contributed by atoms with Crippen LogP contribution in [-0.4, -0.2) is 61.9 Å². The number of thiazole rings is 1.